The number of aliphatic hydroxyl groups excluding tert-OH is 1. The van der Waals surface area contributed by atoms with Gasteiger partial charge in [-0.15, -0.1) is 0 Å². The van der Waals surface area contributed by atoms with Crippen LogP contribution < -0.4 is 5.32 Å². The number of nitrogens with zero attached hydrogens (tertiary/aromatic N) is 3. The molecule has 8 heteroatoms. The van der Waals surface area contributed by atoms with Crippen molar-refractivity contribution in [3.05, 3.63) is 40.8 Å². The number of carbonyl (C=O) groups excluding carboxylic acids is 1. The SMILES string of the molecule is CC(C)(C)[C@@H](CO)NC(=O)c1nn(-c2ncc(F)cc2F)c2c1C[C@H]1C[C@@H]21. The van der Waals surface area contributed by atoms with Gasteiger partial charge in [0.2, 0.25) is 0 Å². The molecule has 0 saturated heterocycles. The highest BCUT2D eigenvalue weighted by Gasteiger charge is 2.50. The molecule has 144 valence electrons. The lowest BCUT2D eigenvalue weighted by Gasteiger charge is -2.29. The number of halogens is 2. The summed E-state index contributed by atoms with van der Waals surface area (Å²) in [6, 6.07) is 0.319. The van der Waals surface area contributed by atoms with Gasteiger partial charge in [0.1, 0.15) is 5.82 Å². The maximum atomic E-state index is 14.3. The lowest BCUT2D eigenvalue weighted by atomic mass is 9.87. The van der Waals surface area contributed by atoms with E-state index in [2.05, 4.69) is 15.4 Å². The number of carbonyl (C=O) groups is 1. The average molecular weight is 376 g/mol. The van der Waals surface area contributed by atoms with E-state index in [0.29, 0.717) is 12.3 Å². The quantitative estimate of drug-likeness (QED) is 0.858. The van der Waals surface area contributed by atoms with Gasteiger partial charge in [0, 0.05) is 17.5 Å². The number of aromatic nitrogens is 3. The summed E-state index contributed by atoms with van der Waals surface area (Å²) in [5.41, 5.74) is 1.48. The van der Waals surface area contributed by atoms with Crippen LogP contribution in [0.5, 0.6) is 0 Å². The fourth-order valence-corrected chi connectivity index (χ4v) is 3.79. The minimum Gasteiger partial charge on any atom is -0.394 e. The minimum absolute atomic E-state index is 0.103. The molecule has 2 aliphatic rings. The second-order valence-electron chi connectivity index (χ2n) is 8.46. The fraction of sp³-hybridized carbons (Fsp3) is 0.526. The Bertz CT molecular complexity index is 919. The molecule has 3 atom stereocenters. The molecule has 2 heterocycles. The molecule has 27 heavy (non-hydrogen) atoms. The van der Waals surface area contributed by atoms with Gasteiger partial charge in [0.15, 0.2) is 17.3 Å². The lowest BCUT2D eigenvalue weighted by Crippen LogP contribution is -2.46. The second-order valence-corrected chi connectivity index (χ2v) is 8.46. The van der Waals surface area contributed by atoms with Crippen molar-refractivity contribution in [3.8, 4) is 5.82 Å². The van der Waals surface area contributed by atoms with Crippen LogP contribution in [0.4, 0.5) is 8.78 Å². The summed E-state index contributed by atoms with van der Waals surface area (Å²) in [5, 5.41) is 16.8. The molecule has 0 unspecified atom stereocenters. The topological polar surface area (TPSA) is 80.0 Å². The van der Waals surface area contributed by atoms with Crippen LogP contribution in [0, 0.1) is 23.0 Å². The van der Waals surface area contributed by atoms with Crippen LogP contribution in [0.15, 0.2) is 12.3 Å². The van der Waals surface area contributed by atoms with Crippen molar-refractivity contribution in [2.45, 2.75) is 45.6 Å². The molecule has 2 N–H and O–H groups in total. The highest BCUT2D eigenvalue weighted by molar-refractivity contribution is 5.94. The Morgan fingerprint density at radius 2 is 2.19 bits per heavy atom. The van der Waals surface area contributed by atoms with Crippen LogP contribution in [0.2, 0.25) is 0 Å². The Morgan fingerprint density at radius 3 is 2.81 bits per heavy atom. The number of aliphatic hydroxyl groups is 1. The van der Waals surface area contributed by atoms with E-state index < -0.39 is 23.6 Å². The van der Waals surface area contributed by atoms with Gasteiger partial charge in [0.05, 0.1) is 24.5 Å². The summed E-state index contributed by atoms with van der Waals surface area (Å²) in [6.07, 6.45) is 2.63. The summed E-state index contributed by atoms with van der Waals surface area (Å²) in [6.45, 7) is 5.57. The van der Waals surface area contributed by atoms with Crippen LogP contribution in [-0.4, -0.2) is 38.4 Å². The summed E-state index contributed by atoms with van der Waals surface area (Å²) in [5.74, 6) is -1.42. The molecule has 0 aromatic carbocycles. The van der Waals surface area contributed by atoms with Crippen LogP contribution in [0.3, 0.4) is 0 Å². The van der Waals surface area contributed by atoms with Gasteiger partial charge in [-0.25, -0.2) is 18.4 Å². The van der Waals surface area contributed by atoms with Crippen LogP contribution in [0.1, 0.15) is 54.9 Å². The van der Waals surface area contributed by atoms with Crippen molar-refractivity contribution in [2.75, 3.05) is 6.61 Å². The smallest absolute Gasteiger partial charge is 0.272 e. The molecule has 6 nitrogen and oxygen atoms in total. The predicted molar refractivity (Wildman–Crippen MR) is 93.6 cm³/mol. The van der Waals surface area contributed by atoms with Crippen LogP contribution >= 0.6 is 0 Å². The third-order valence-corrected chi connectivity index (χ3v) is 5.50. The maximum absolute atomic E-state index is 14.3. The molecule has 0 spiro atoms. The van der Waals surface area contributed by atoms with Gasteiger partial charge in [-0.3, -0.25) is 4.79 Å². The monoisotopic (exact) mass is 376 g/mol. The highest BCUT2D eigenvalue weighted by atomic mass is 19.1. The maximum Gasteiger partial charge on any atom is 0.272 e. The van der Waals surface area contributed by atoms with E-state index in [-0.39, 0.29) is 29.5 Å². The average Bonchev–Trinajstić information content (AvgIpc) is 3.08. The van der Waals surface area contributed by atoms with E-state index in [4.69, 9.17) is 0 Å². The summed E-state index contributed by atoms with van der Waals surface area (Å²) in [4.78, 5) is 16.7. The van der Waals surface area contributed by atoms with Crippen molar-refractivity contribution in [2.24, 2.45) is 11.3 Å². The van der Waals surface area contributed by atoms with Crippen molar-refractivity contribution in [1.82, 2.24) is 20.1 Å². The molecular formula is C19H22F2N4O2. The van der Waals surface area contributed by atoms with Crippen molar-refractivity contribution in [1.29, 1.82) is 0 Å². The molecule has 0 radical (unpaired) electrons. The normalized spacial score (nSPS) is 21.6. The fourth-order valence-electron chi connectivity index (χ4n) is 3.79. The van der Waals surface area contributed by atoms with Gasteiger partial charge >= 0.3 is 0 Å². The zero-order chi connectivity index (χ0) is 19.5. The molecule has 0 aliphatic heterocycles. The molecule has 1 fully saturated rings. The predicted octanol–water partition coefficient (Wildman–Crippen LogP) is 2.34. The van der Waals surface area contributed by atoms with E-state index in [1.165, 1.54) is 4.68 Å². The lowest BCUT2D eigenvalue weighted by molar-refractivity contribution is 0.0841. The zero-order valence-electron chi connectivity index (χ0n) is 15.5. The largest absolute Gasteiger partial charge is 0.394 e. The Kier molecular flexibility index (Phi) is 4.06. The number of hydrogen-bond donors (Lipinski definition) is 2. The summed E-state index contributed by atoms with van der Waals surface area (Å²) >= 11 is 0. The third kappa shape index (κ3) is 3.01. The van der Waals surface area contributed by atoms with Crippen molar-refractivity contribution in [3.63, 3.8) is 0 Å². The van der Waals surface area contributed by atoms with E-state index in [0.717, 1.165) is 29.9 Å². The van der Waals surface area contributed by atoms with Gasteiger partial charge in [-0.1, -0.05) is 20.8 Å². The second kappa shape index (κ2) is 6.09. The van der Waals surface area contributed by atoms with Gasteiger partial charge < -0.3 is 10.4 Å². The number of hydrogen-bond acceptors (Lipinski definition) is 4. The Morgan fingerprint density at radius 1 is 1.44 bits per heavy atom. The Labute approximate surface area is 155 Å². The number of fused-ring (bicyclic) bond motifs is 3. The van der Waals surface area contributed by atoms with Gasteiger partial charge in [-0.05, 0) is 24.2 Å². The standard InChI is InChI=1S/C19H22F2N4O2/c1-19(2,3)14(8-26)23-18(27)15-12-5-9-4-11(9)16(12)25(24-15)17-13(21)6-10(20)7-22-17/h6-7,9,11,14,26H,4-5,8H2,1-3H3,(H,23,27)/t9-,11-,14-/m1/s1. The first-order chi connectivity index (χ1) is 12.7. The number of nitrogens with one attached hydrogen (secondary N) is 1. The number of rotatable bonds is 4. The molecule has 0 bridgehead atoms. The van der Waals surface area contributed by atoms with E-state index in [1.54, 1.807) is 0 Å². The number of amides is 1. The van der Waals surface area contributed by atoms with Gasteiger partial charge in [-0.2, -0.15) is 5.10 Å². The van der Waals surface area contributed by atoms with Crippen molar-refractivity contribution >= 4 is 5.91 Å². The Balaban J connectivity index is 1.73. The summed E-state index contributed by atoms with van der Waals surface area (Å²) < 4.78 is 28.9. The molecule has 1 saturated carbocycles. The van der Waals surface area contributed by atoms with Crippen LogP contribution in [0.25, 0.3) is 5.82 Å². The van der Waals surface area contributed by atoms with Gasteiger partial charge in [0.25, 0.3) is 5.91 Å². The van der Waals surface area contributed by atoms with E-state index >= 15 is 0 Å². The Hall–Kier alpha value is -2.35. The van der Waals surface area contributed by atoms with Crippen LogP contribution in [-0.2, 0) is 6.42 Å². The first-order valence-electron chi connectivity index (χ1n) is 9.05. The van der Waals surface area contributed by atoms with E-state index in [9.17, 15) is 18.7 Å². The first-order valence-corrected chi connectivity index (χ1v) is 9.05. The highest BCUT2D eigenvalue weighted by Crippen LogP contribution is 2.57. The molecule has 2 aromatic heterocycles. The van der Waals surface area contributed by atoms with E-state index in [1.807, 2.05) is 20.8 Å². The first kappa shape index (κ1) is 18.0. The summed E-state index contributed by atoms with van der Waals surface area (Å²) in [7, 11) is 0. The molecule has 2 aromatic rings. The molecule has 4 rings (SSSR count). The zero-order valence-corrected chi connectivity index (χ0v) is 15.5. The molecule has 1 amide bonds. The number of pyridine rings is 1. The molecular weight excluding hydrogens is 354 g/mol. The molecule has 2 aliphatic carbocycles. The minimum atomic E-state index is -0.820. The van der Waals surface area contributed by atoms with Crippen molar-refractivity contribution < 1.29 is 18.7 Å². The third-order valence-electron chi connectivity index (χ3n) is 5.50.